The van der Waals surface area contributed by atoms with E-state index in [1.165, 1.54) is 6.07 Å². The van der Waals surface area contributed by atoms with Crippen LogP contribution in [0, 0.1) is 0 Å². The van der Waals surface area contributed by atoms with Gasteiger partial charge in [0.05, 0.1) is 5.02 Å². The number of ether oxygens (including phenoxy) is 2. The summed E-state index contributed by atoms with van der Waals surface area (Å²) in [6.07, 6.45) is 0. The molecule has 2 N–H and O–H groups in total. The molecule has 1 aromatic rings. The Morgan fingerprint density at radius 3 is 2.73 bits per heavy atom. The quantitative estimate of drug-likeness (QED) is 0.765. The lowest BCUT2D eigenvalue weighted by atomic mass is 10.1. The summed E-state index contributed by atoms with van der Waals surface area (Å²) in [5, 5.41) is 18.3. The van der Waals surface area contributed by atoms with E-state index in [1.54, 1.807) is 0 Å². The van der Waals surface area contributed by atoms with E-state index >= 15 is 0 Å². The van der Waals surface area contributed by atoms with Crippen LogP contribution in [0.4, 0.5) is 0 Å². The zero-order valence-corrected chi connectivity index (χ0v) is 8.24. The second-order valence-corrected chi connectivity index (χ2v) is 3.32. The number of aromatic carboxylic acids is 1. The van der Waals surface area contributed by atoms with E-state index in [2.05, 4.69) is 0 Å². The Bertz CT molecular complexity index is 429. The predicted octanol–water partition coefficient (Wildman–Crippen LogP) is 1.51. The van der Waals surface area contributed by atoms with E-state index in [1.807, 2.05) is 0 Å². The van der Waals surface area contributed by atoms with Crippen LogP contribution in [0.5, 0.6) is 17.2 Å². The molecule has 80 valence electrons. The molecule has 1 aliphatic rings. The first-order chi connectivity index (χ1) is 7.11. The van der Waals surface area contributed by atoms with Crippen molar-refractivity contribution >= 4 is 17.6 Å². The fourth-order valence-electron chi connectivity index (χ4n) is 1.34. The van der Waals surface area contributed by atoms with Gasteiger partial charge in [0, 0.05) is 6.07 Å². The van der Waals surface area contributed by atoms with Gasteiger partial charge in [-0.25, -0.2) is 4.79 Å². The van der Waals surface area contributed by atoms with Crippen LogP contribution >= 0.6 is 11.6 Å². The molecule has 0 saturated carbocycles. The van der Waals surface area contributed by atoms with Gasteiger partial charge in [-0.05, 0) is 0 Å². The Kier molecular flexibility index (Phi) is 2.32. The van der Waals surface area contributed by atoms with Crippen molar-refractivity contribution in [1.29, 1.82) is 0 Å². The summed E-state index contributed by atoms with van der Waals surface area (Å²) < 4.78 is 10.3. The molecule has 0 atom stereocenters. The normalized spacial score (nSPS) is 13.7. The first-order valence-corrected chi connectivity index (χ1v) is 4.53. The predicted molar refractivity (Wildman–Crippen MR) is 51.1 cm³/mol. The molecule has 15 heavy (non-hydrogen) atoms. The number of benzene rings is 1. The molecule has 0 aliphatic carbocycles. The second kappa shape index (κ2) is 3.51. The lowest BCUT2D eigenvalue weighted by molar-refractivity contribution is 0.0682. The number of phenols is 1. The van der Waals surface area contributed by atoms with Crippen molar-refractivity contribution < 1.29 is 24.5 Å². The average molecular weight is 231 g/mol. The van der Waals surface area contributed by atoms with E-state index in [4.69, 9.17) is 26.2 Å². The van der Waals surface area contributed by atoms with Gasteiger partial charge in [-0.15, -0.1) is 0 Å². The van der Waals surface area contributed by atoms with Crippen molar-refractivity contribution in [2.75, 3.05) is 13.2 Å². The number of fused-ring (bicyclic) bond motifs is 1. The molecule has 0 unspecified atom stereocenters. The minimum absolute atomic E-state index is 0.0238. The summed E-state index contributed by atoms with van der Waals surface area (Å²) in [5.74, 6) is -1.55. The van der Waals surface area contributed by atoms with Gasteiger partial charge in [-0.1, -0.05) is 11.6 Å². The maximum atomic E-state index is 10.9. The molecule has 5 nitrogen and oxygen atoms in total. The Hall–Kier alpha value is -1.62. The second-order valence-electron chi connectivity index (χ2n) is 2.91. The largest absolute Gasteiger partial charge is 0.505 e. The number of hydrogen-bond donors (Lipinski definition) is 2. The minimum Gasteiger partial charge on any atom is -0.505 e. The number of halogens is 1. The molecular formula is C9H7ClO5. The van der Waals surface area contributed by atoms with E-state index in [0.29, 0.717) is 6.61 Å². The van der Waals surface area contributed by atoms with Crippen LogP contribution in [0.25, 0.3) is 0 Å². The molecule has 0 radical (unpaired) electrons. The average Bonchev–Trinajstić information content (AvgIpc) is 2.19. The van der Waals surface area contributed by atoms with Gasteiger partial charge in [-0.3, -0.25) is 0 Å². The van der Waals surface area contributed by atoms with Crippen LogP contribution in [0.15, 0.2) is 6.07 Å². The summed E-state index contributed by atoms with van der Waals surface area (Å²) in [6.45, 7) is 0.571. The maximum absolute atomic E-state index is 10.9. The van der Waals surface area contributed by atoms with Crippen molar-refractivity contribution in [3.63, 3.8) is 0 Å². The molecule has 0 fully saturated rings. The third kappa shape index (κ3) is 1.55. The molecule has 2 rings (SSSR count). The number of aromatic hydroxyl groups is 1. The Morgan fingerprint density at radius 2 is 2.07 bits per heavy atom. The number of carbonyl (C=O) groups is 1. The van der Waals surface area contributed by atoms with Gasteiger partial charge in [0.25, 0.3) is 0 Å². The molecule has 1 aromatic carbocycles. The van der Waals surface area contributed by atoms with E-state index in [-0.39, 0.29) is 28.7 Å². The number of rotatable bonds is 1. The minimum atomic E-state index is -1.31. The van der Waals surface area contributed by atoms with Crippen molar-refractivity contribution in [2.45, 2.75) is 0 Å². The Labute approximate surface area is 89.8 Å². The highest BCUT2D eigenvalue weighted by Gasteiger charge is 2.26. The first kappa shape index (κ1) is 9.92. The topological polar surface area (TPSA) is 76.0 Å². The van der Waals surface area contributed by atoms with Crippen molar-refractivity contribution in [1.82, 2.24) is 0 Å². The number of carboxylic acids is 1. The molecule has 0 spiro atoms. The van der Waals surface area contributed by atoms with E-state index < -0.39 is 11.7 Å². The van der Waals surface area contributed by atoms with Crippen LogP contribution in [0.1, 0.15) is 10.4 Å². The van der Waals surface area contributed by atoms with Crippen LogP contribution in [0.2, 0.25) is 5.02 Å². The van der Waals surface area contributed by atoms with Crippen LogP contribution in [-0.2, 0) is 0 Å². The third-order valence-corrected chi connectivity index (χ3v) is 2.26. The lowest BCUT2D eigenvalue weighted by Crippen LogP contribution is -2.18. The highest BCUT2D eigenvalue weighted by atomic mass is 35.5. The summed E-state index contributed by atoms with van der Waals surface area (Å²) >= 11 is 5.65. The van der Waals surface area contributed by atoms with Gasteiger partial charge in [0.1, 0.15) is 18.8 Å². The van der Waals surface area contributed by atoms with E-state index in [0.717, 1.165) is 0 Å². The molecule has 0 saturated heterocycles. The number of hydrogen-bond acceptors (Lipinski definition) is 4. The fraction of sp³-hybridized carbons (Fsp3) is 0.222. The van der Waals surface area contributed by atoms with E-state index in [9.17, 15) is 9.90 Å². The third-order valence-electron chi connectivity index (χ3n) is 1.97. The molecule has 1 heterocycles. The molecular weight excluding hydrogens is 224 g/mol. The van der Waals surface area contributed by atoms with Gasteiger partial charge in [-0.2, -0.15) is 0 Å². The smallest absolute Gasteiger partial charge is 0.343 e. The number of carboxylic acid groups (broad SMARTS) is 1. The Morgan fingerprint density at radius 1 is 1.40 bits per heavy atom. The van der Waals surface area contributed by atoms with Crippen LogP contribution in [0.3, 0.4) is 0 Å². The molecule has 0 aromatic heterocycles. The summed E-state index contributed by atoms with van der Waals surface area (Å²) in [4.78, 5) is 10.9. The maximum Gasteiger partial charge on any atom is 0.343 e. The first-order valence-electron chi connectivity index (χ1n) is 4.15. The standard InChI is InChI=1S/C9H7ClO5/c10-4-3-5-8(15-2-1-14-5)6(7(4)11)9(12)13/h3,11H,1-2H2,(H,12,13). The zero-order chi connectivity index (χ0) is 11.0. The van der Waals surface area contributed by atoms with Gasteiger partial charge in [0.2, 0.25) is 0 Å². The Balaban J connectivity index is 2.68. The van der Waals surface area contributed by atoms with Crippen LogP contribution in [-0.4, -0.2) is 29.4 Å². The highest BCUT2D eigenvalue weighted by molar-refractivity contribution is 6.33. The van der Waals surface area contributed by atoms with Gasteiger partial charge in [0.15, 0.2) is 17.2 Å². The van der Waals surface area contributed by atoms with Gasteiger partial charge < -0.3 is 19.7 Å². The highest BCUT2D eigenvalue weighted by Crippen LogP contribution is 2.43. The van der Waals surface area contributed by atoms with Crippen LogP contribution < -0.4 is 9.47 Å². The monoisotopic (exact) mass is 230 g/mol. The van der Waals surface area contributed by atoms with Crippen molar-refractivity contribution in [2.24, 2.45) is 0 Å². The zero-order valence-electron chi connectivity index (χ0n) is 7.49. The van der Waals surface area contributed by atoms with Crippen molar-refractivity contribution in [3.05, 3.63) is 16.7 Å². The molecule has 0 amide bonds. The molecule has 0 bridgehead atoms. The van der Waals surface area contributed by atoms with Crippen molar-refractivity contribution in [3.8, 4) is 17.2 Å². The van der Waals surface area contributed by atoms with Gasteiger partial charge >= 0.3 is 5.97 Å². The fourth-order valence-corrected chi connectivity index (χ4v) is 1.54. The lowest BCUT2D eigenvalue weighted by Gasteiger charge is -2.20. The SMILES string of the molecule is O=C(O)c1c(O)c(Cl)cc2c1OCCO2. The summed E-state index contributed by atoms with van der Waals surface area (Å²) in [5.41, 5.74) is -0.364. The summed E-state index contributed by atoms with van der Waals surface area (Å²) in [7, 11) is 0. The molecule has 6 heteroatoms. The molecule has 1 aliphatic heterocycles. The summed E-state index contributed by atoms with van der Waals surface area (Å²) in [6, 6.07) is 1.33.